The molecule has 0 N–H and O–H groups in total. The molecule has 3 nitrogen and oxygen atoms in total. The van der Waals surface area contributed by atoms with E-state index in [-0.39, 0.29) is 12.1 Å². The standard InChI is InChI=1S/C36H70O3/c1-4-7-10-13-14-15-16-17-22-27-32-35(31-26-20-12-9-6-3)39-36(38)33-28-23-18-21-25-30-34(37)29-24-19-11-8-5-2/h35H,4-33H2,1-3H3. The van der Waals surface area contributed by atoms with Crippen molar-refractivity contribution in [3.8, 4) is 0 Å². The highest BCUT2D eigenvalue weighted by Crippen LogP contribution is 2.19. The van der Waals surface area contributed by atoms with E-state index < -0.39 is 0 Å². The minimum Gasteiger partial charge on any atom is -0.462 e. The normalized spacial score (nSPS) is 12.1. The number of rotatable bonds is 32. The summed E-state index contributed by atoms with van der Waals surface area (Å²) in [6, 6.07) is 0. The second-order valence-corrected chi connectivity index (χ2v) is 12.3. The van der Waals surface area contributed by atoms with Crippen molar-refractivity contribution in [1.29, 1.82) is 0 Å². The molecule has 0 heterocycles. The van der Waals surface area contributed by atoms with Gasteiger partial charge in [0, 0.05) is 19.3 Å². The van der Waals surface area contributed by atoms with Crippen molar-refractivity contribution < 1.29 is 14.3 Å². The van der Waals surface area contributed by atoms with Crippen LogP contribution in [0.3, 0.4) is 0 Å². The Hall–Kier alpha value is -0.860. The van der Waals surface area contributed by atoms with Crippen molar-refractivity contribution in [3.63, 3.8) is 0 Å². The van der Waals surface area contributed by atoms with Crippen LogP contribution in [0.2, 0.25) is 0 Å². The van der Waals surface area contributed by atoms with Gasteiger partial charge in [0.05, 0.1) is 0 Å². The smallest absolute Gasteiger partial charge is 0.306 e. The second-order valence-electron chi connectivity index (χ2n) is 12.3. The number of hydrogen-bond acceptors (Lipinski definition) is 3. The third kappa shape index (κ3) is 29.9. The summed E-state index contributed by atoms with van der Waals surface area (Å²) in [7, 11) is 0. The van der Waals surface area contributed by atoms with Crippen LogP contribution in [0.5, 0.6) is 0 Å². The van der Waals surface area contributed by atoms with Gasteiger partial charge in [-0.05, 0) is 44.9 Å². The number of Topliss-reactive ketones (excluding diaryl/α,β-unsaturated/α-hetero) is 1. The van der Waals surface area contributed by atoms with Crippen LogP contribution in [0.15, 0.2) is 0 Å². The van der Waals surface area contributed by atoms with Crippen molar-refractivity contribution in [2.45, 2.75) is 219 Å². The molecule has 39 heavy (non-hydrogen) atoms. The maximum Gasteiger partial charge on any atom is 0.306 e. The summed E-state index contributed by atoms with van der Waals surface area (Å²) in [5, 5.41) is 0. The summed E-state index contributed by atoms with van der Waals surface area (Å²) < 4.78 is 5.98. The summed E-state index contributed by atoms with van der Waals surface area (Å²) in [6.07, 6.45) is 35.4. The lowest BCUT2D eigenvalue weighted by atomic mass is 10.0. The van der Waals surface area contributed by atoms with Gasteiger partial charge < -0.3 is 4.74 Å². The molecular weight excluding hydrogens is 480 g/mol. The van der Waals surface area contributed by atoms with Gasteiger partial charge >= 0.3 is 5.97 Å². The third-order valence-corrected chi connectivity index (χ3v) is 8.20. The highest BCUT2D eigenvalue weighted by atomic mass is 16.5. The molecule has 0 aliphatic carbocycles. The predicted molar refractivity (Wildman–Crippen MR) is 170 cm³/mol. The molecule has 0 radical (unpaired) electrons. The lowest BCUT2D eigenvalue weighted by molar-refractivity contribution is -0.150. The highest BCUT2D eigenvalue weighted by molar-refractivity contribution is 5.78. The average molecular weight is 551 g/mol. The molecule has 3 heteroatoms. The van der Waals surface area contributed by atoms with Crippen LogP contribution < -0.4 is 0 Å². The first-order valence-corrected chi connectivity index (χ1v) is 17.8. The van der Waals surface area contributed by atoms with Crippen molar-refractivity contribution in [1.82, 2.24) is 0 Å². The van der Waals surface area contributed by atoms with Crippen LogP contribution in [0.4, 0.5) is 0 Å². The maximum atomic E-state index is 12.5. The molecule has 0 aromatic heterocycles. The Labute approximate surface area is 245 Å². The first kappa shape index (κ1) is 38.1. The molecule has 0 rings (SSSR count). The Morgan fingerprint density at radius 3 is 1.10 bits per heavy atom. The Morgan fingerprint density at radius 1 is 0.410 bits per heavy atom. The molecule has 232 valence electrons. The molecule has 1 atom stereocenters. The molecule has 0 bridgehead atoms. The molecule has 0 spiro atoms. The SMILES string of the molecule is CCCCCCCCCCCCC(CCCCCCC)OC(=O)CCCCCCCC(=O)CCCCCCC. The van der Waals surface area contributed by atoms with E-state index in [1.54, 1.807) is 0 Å². The van der Waals surface area contributed by atoms with E-state index in [1.807, 2.05) is 0 Å². The fourth-order valence-corrected chi connectivity index (χ4v) is 5.51. The van der Waals surface area contributed by atoms with Gasteiger partial charge in [0.1, 0.15) is 11.9 Å². The molecule has 0 fully saturated rings. The minimum absolute atomic E-state index is 0.0129. The first-order valence-electron chi connectivity index (χ1n) is 17.8. The van der Waals surface area contributed by atoms with Crippen LogP contribution in [0.25, 0.3) is 0 Å². The number of carbonyl (C=O) groups excluding carboxylic acids is 2. The van der Waals surface area contributed by atoms with Gasteiger partial charge in [-0.15, -0.1) is 0 Å². The van der Waals surface area contributed by atoms with Gasteiger partial charge in [0.2, 0.25) is 0 Å². The molecule has 0 saturated carbocycles. The zero-order valence-corrected chi connectivity index (χ0v) is 27.0. The van der Waals surface area contributed by atoms with Gasteiger partial charge in [-0.2, -0.15) is 0 Å². The van der Waals surface area contributed by atoms with E-state index in [0.29, 0.717) is 12.2 Å². The molecule has 0 amide bonds. The van der Waals surface area contributed by atoms with E-state index in [0.717, 1.165) is 64.2 Å². The predicted octanol–water partition coefficient (Wildman–Crippen LogP) is 12.2. The molecule has 0 aromatic rings. The minimum atomic E-state index is 0.0129. The Kier molecular flexibility index (Phi) is 31.0. The van der Waals surface area contributed by atoms with E-state index in [9.17, 15) is 9.59 Å². The van der Waals surface area contributed by atoms with Gasteiger partial charge in [-0.3, -0.25) is 9.59 Å². The number of unbranched alkanes of at least 4 members (excludes halogenated alkanes) is 21. The number of carbonyl (C=O) groups is 2. The second kappa shape index (κ2) is 31.7. The Bertz CT molecular complexity index is 515. The summed E-state index contributed by atoms with van der Waals surface area (Å²) >= 11 is 0. The van der Waals surface area contributed by atoms with Crippen LogP contribution in [0, 0.1) is 0 Å². The lowest BCUT2D eigenvalue weighted by Gasteiger charge is -2.18. The molecule has 1 unspecified atom stereocenters. The molecule has 0 saturated heterocycles. The van der Waals surface area contributed by atoms with Crippen LogP contribution in [0.1, 0.15) is 213 Å². The van der Waals surface area contributed by atoms with Crippen molar-refractivity contribution in [3.05, 3.63) is 0 Å². The van der Waals surface area contributed by atoms with Gasteiger partial charge in [-0.25, -0.2) is 0 Å². The summed E-state index contributed by atoms with van der Waals surface area (Å²) in [5.74, 6) is 0.456. The highest BCUT2D eigenvalue weighted by Gasteiger charge is 2.14. The first-order chi connectivity index (χ1) is 19.1. The quantitative estimate of drug-likeness (QED) is 0.0618. The van der Waals surface area contributed by atoms with Crippen LogP contribution >= 0.6 is 0 Å². The van der Waals surface area contributed by atoms with E-state index >= 15 is 0 Å². The zero-order chi connectivity index (χ0) is 28.7. The summed E-state index contributed by atoms with van der Waals surface area (Å²) in [4.78, 5) is 24.6. The van der Waals surface area contributed by atoms with E-state index in [4.69, 9.17) is 4.74 Å². The van der Waals surface area contributed by atoms with E-state index in [2.05, 4.69) is 20.8 Å². The lowest BCUT2D eigenvalue weighted by Crippen LogP contribution is -2.18. The number of ketones is 1. The van der Waals surface area contributed by atoms with Gasteiger partial charge in [0.15, 0.2) is 0 Å². The van der Waals surface area contributed by atoms with Gasteiger partial charge in [0.25, 0.3) is 0 Å². The van der Waals surface area contributed by atoms with Crippen molar-refractivity contribution in [2.75, 3.05) is 0 Å². The maximum absolute atomic E-state index is 12.5. The molecular formula is C36H70O3. The largest absolute Gasteiger partial charge is 0.462 e. The third-order valence-electron chi connectivity index (χ3n) is 8.20. The number of hydrogen-bond donors (Lipinski definition) is 0. The summed E-state index contributed by atoms with van der Waals surface area (Å²) in [5.41, 5.74) is 0. The average Bonchev–Trinajstić information content (AvgIpc) is 2.93. The Balaban J connectivity index is 3.94. The topological polar surface area (TPSA) is 43.4 Å². The number of ether oxygens (including phenoxy) is 1. The van der Waals surface area contributed by atoms with Crippen LogP contribution in [-0.2, 0) is 14.3 Å². The number of esters is 1. The molecule has 0 aromatic carbocycles. The fraction of sp³-hybridized carbons (Fsp3) is 0.944. The van der Waals surface area contributed by atoms with Gasteiger partial charge in [-0.1, -0.05) is 149 Å². The fourth-order valence-electron chi connectivity index (χ4n) is 5.51. The van der Waals surface area contributed by atoms with Crippen molar-refractivity contribution >= 4 is 11.8 Å². The monoisotopic (exact) mass is 551 g/mol. The Morgan fingerprint density at radius 2 is 0.718 bits per heavy atom. The van der Waals surface area contributed by atoms with Crippen LogP contribution in [-0.4, -0.2) is 17.9 Å². The molecule has 0 aliphatic rings. The molecule has 0 aliphatic heterocycles. The van der Waals surface area contributed by atoms with Crippen molar-refractivity contribution in [2.24, 2.45) is 0 Å². The van der Waals surface area contributed by atoms with E-state index in [1.165, 1.54) is 122 Å². The summed E-state index contributed by atoms with van der Waals surface area (Å²) in [6.45, 7) is 6.76. The zero-order valence-electron chi connectivity index (χ0n) is 27.0.